The molecule has 0 bridgehead atoms. The van der Waals surface area contributed by atoms with Crippen molar-refractivity contribution >= 4 is 17.6 Å². The first-order valence-corrected chi connectivity index (χ1v) is 6.08. The Morgan fingerprint density at radius 2 is 2.39 bits per heavy atom. The zero-order valence-corrected chi connectivity index (χ0v) is 10.1. The van der Waals surface area contributed by atoms with Gasteiger partial charge in [0.25, 0.3) is 0 Å². The molecular weight excluding hydrogens is 255 g/mol. The standard InChI is InChI=1S/C11H11FN4OS/c12-8-2-1-7(9(5-8)10(13)16-17)6-18-11-14-3-4-15-11/h1-5,17H,6H2,(H2,13,16)(H,14,15). The Morgan fingerprint density at radius 1 is 1.56 bits per heavy atom. The number of nitrogens with zero attached hydrogens (tertiary/aromatic N) is 2. The van der Waals surface area contributed by atoms with E-state index in [0.717, 1.165) is 10.7 Å². The zero-order valence-electron chi connectivity index (χ0n) is 9.30. The highest BCUT2D eigenvalue weighted by atomic mass is 32.2. The van der Waals surface area contributed by atoms with Gasteiger partial charge < -0.3 is 15.9 Å². The molecule has 94 valence electrons. The maximum absolute atomic E-state index is 13.1. The average molecular weight is 266 g/mol. The molecule has 5 nitrogen and oxygen atoms in total. The van der Waals surface area contributed by atoms with E-state index in [0.29, 0.717) is 11.3 Å². The SMILES string of the molecule is N/C(=N/O)c1cc(F)ccc1CSc1ncc[nH]1. The number of imidazole rings is 1. The van der Waals surface area contributed by atoms with Crippen molar-refractivity contribution in [1.29, 1.82) is 0 Å². The lowest BCUT2D eigenvalue weighted by Gasteiger charge is -2.07. The number of halogens is 1. The second-order valence-electron chi connectivity index (χ2n) is 3.47. The van der Waals surface area contributed by atoms with Gasteiger partial charge in [-0.05, 0) is 17.7 Å². The molecule has 2 rings (SSSR count). The fourth-order valence-electron chi connectivity index (χ4n) is 1.44. The number of nitrogens with one attached hydrogen (secondary N) is 1. The van der Waals surface area contributed by atoms with Crippen LogP contribution in [0, 0.1) is 5.82 Å². The lowest BCUT2D eigenvalue weighted by molar-refractivity contribution is 0.318. The molecule has 2 aromatic rings. The van der Waals surface area contributed by atoms with Crippen molar-refractivity contribution < 1.29 is 9.60 Å². The number of thioether (sulfide) groups is 1. The molecule has 1 heterocycles. The van der Waals surface area contributed by atoms with Crippen LogP contribution in [-0.4, -0.2) is 21.0 Å². The van der Waals surface area contributed by atoms with E-state index >= 15 is 0 Å². The number of oxime groups is 1. The summed E-state index contributed by atoms with van der Waals surface area (Å²) in [6.07, 6.45) is 3.37. The van der Waals surface area contributed by atoms with E-state index in [1.54, 1.807) is 18.5 Å². The molecule has 1 aromatic heterocycles. The van der Waals surface area contributed by atoms with E-state index in [2.05, 4.69) is 15.1 Å². The Morgan fingerprint density at radius 3 is 3.06 bits per heavy atom. The van der Waals surface area contributed by atoms with E-state index in [4.69, 9.17) is 10.9 Å². The fourth-order valence-corrected chi connectivity index (χ4v) is 2.27. The van der Waals surface area contributed by atoms with E-state index in [1.165, 1.54) is 23.9 Å². The first-order chi connectivity index (χ1) is 8.70. The summed E-state index contributed by atoms with van der Waals surface area (Å²) in [6, 6.07) is 4.19. The van der Waals surface area contributed by atoms with Crippen molar-refractivity contribution in [3.63, 3.8) is 0 Å². The first kappa shape index (κ1) is 12.4. The van der Waals surface area contributed by atoms with Gasteiger partial charge in [-0.1, -0.05) is 23.0 Å². The van der Waals surface area contributed by atoms with E-state index in [-0.39, 0.29) is 5.84 Å². The van der Waals surface area contributed by atoms with Gasteiger partial charge >= 0.3 is 0 Å². The summed E-state index contributed by atoms with van der Waals surface area (Å²) in [5, 5.41) is 12.3. The number of rotatable bonds is 4. The first-order valence-electron chi connectivity index (χ1n) is 5.09. The Labute approximate surface area is 107 Å². The van der Waals surface area contributed by atoms with Gasteiger partial charge in [0.15, 0.2) is 11.0 Å². The topological polar surface area (TPSA) is 87.3 Å². The Balaban J connectivity index is 2.21. The number of amidine groups is 1. The third-order valence-electron chi connectivity index (χ3n) is 2.29. The van der Waals surface area contributed by atoms with Crippen LogP contribution in [0.3, 0.4) is 0 Å². The van der Waals surface area contributed by atoms with Crippen molar-refractivity contribution in [2.24, 2.45) is 10.9 Å². The number of hydrogen-bond donors (Lipinski definition) is 3. The Kier molecular flexibility index (Phi) is 3.83. The zero-order chi connectivity index (χ0) is 13.0. The molecule has 0 saturated heterocycles. The summed E-state index contributed by atoms with van der Waals surface area (Å²) in [7, 11) is 0. The van der Waals surface area contributed by atoms with Gasteiger partial charge in [-0.25, -0.2) is 9.37 Å². The Hall–Kier alpha value is -2.02. The number of benzene rings is 1. The molecule has 0 unspecified atom stereocenters. The van der Waals surface area contributed by atoms with Crippen LogP contribution >= 0.6 is 11.8 Å². The van der Waals surface area contributed by atoms with E-state index in [1.807, 2.05) is 0 Å². The van der Waals surface area contributed by atoms with Crippen LogP contribution in [0.4, 0.5) is 4.39 Å². The third-order valence-corrected chi connectivity index (χ3v) is 3.25. The van der Waals surface area contributed by atoms with Crippen LogP contribution < -0.4 is 5.73 Å². The molecule has 0 amide bonds. The smallest absolute Gasteiger partial charge is 0.170 e. The Bertz CT molecular complexity index is 556. The normalized spacial score (nSPS) is 11.7. The lowest BCUT2D eigenvalue weighted by atomic mass is 10.1. The van der Waals surface area contributed by atoms with Crippen LogP contribution in [0.2, 0.25) is 0 Å². The molecule has 0 spiro atoms. The number of H-pyrrole nitrogens is 1. The van der Waals surface area contributed by atoms with Gasteiger partial charge in [0.2, 0.25) is 0 Å². The summed E-state index contributed by atoms with van der Waals surface area (Å²) in [5.74, 6) is 0.00666. The average Bonchev–Trinajstić information content (AvgIpc) is 2.89. The molecule has 0 fully saturated rings. The molecule has 0 aliphatic heterocycles. The minimum atomic E-state index is -0.427. The van der Waals surface area contributed by atoms with Gasteiger partial charge in [0.05, 0.1) is 0 Å². The minimum Gasteiger partial charge on any atom is -0.409 e. The highest BCUT2D eigenvalue weighted by molar-refractivity contribution is 7.98. The van der Waals surface area contributed by atoms with Gasteiger partial charge in [-0.15, -0.1) is 0 Å². The van der Waals surface area contributed by atoms with Crippen LogP contribution in [0.25, 0.3) is 0 Å². The van der Waals surface area contributed by atoms with Crippen molar-refractivity contribution in [3.8, 4) is 0 Å². The number of hydrogen-bond acceptors (Lipinski definition) is 4. The fraction of sp³-hybridized carbons (Fsp3) is 0.0909. The van der Waals surface area contributed by atoms with Gasteiger partial charge in [0, 0.05) is 23.7 Å². The third kappa shape index (κ3) is 2.80. The molecule has 0 aliphatic carbocycles. The highest BCUT2D eigenvalue weighted by Gasteiger charge is 2.09. The summed E-state index contributed by atoms with van der Waals surface area (Å²) in [6.45, 7) is 0. The van der Waals surface area contributed by atoms with Crippen LogP contribution in [0.15, 0.2) is 40.9 Å². The number of aromatic nitrogens is 2. The quantitative estimate of drug-likeness (QED) is 0.259. The van der Waals surface area contributed by atoms with Crippen molar-refractivity contribution in [2.45, 2.75) is 10.9 Å². The second kappa shape index (κ2) is 5.54. The van der Waals surface area contributed by atoms with Crippen molar-refractivity contribution in [1.82, 2.24) is 9.97 Å². The molecule has 18 heavy (non-hydrogen) atoms. The predicted octanol–water partition coefficient (Wildman–Crippen LogP) is 1.94. The molecule has 0 saturated carbocycles. The second-order valence-corrected chi connectivity index (χ2v) is 4.43. The van der Waals surface area contributed by atoms with E-state index in [9.17, 15) is 4.39 Å². The maximum atomic E-state index is 13.1. The van der Waals surface area contributed by atoms with Gasteiger partial charge in [0.1, 0.15) is 5.82 Å². The summed E-state index contributed by atoms with van der Waals surface area (Å²) in [5.41, 5.74) is 6.67. The molecule has 1 aromatic carbocycles. The monoisotopic (exact) mass is 266 g/mol. The van der Waals surface area contributed by atoms with E-state index < -0.39 is 5.82 Å². The molecule has 0 radical (unpaired) electrons. The molecule has 4 N–H and O–H groups in total. The predicted molar refractivity (Wildman–Crippen MR) is 67.1 cm³/mol. The number of nitrogens with two attached hydrogens (primary N) is 1. The molecule has 0 atom stereocenters. The number of aromatic amines is 1. The van der Waals surface area contributed by atoms with Gasteiger partial charge in [-0.2, -0.15) is 0 Å². The van der Waals surface area contributed by atoms with Crippen molar-refractivity contribution in [3.05, 3.63) is 47.5 Å². The maximum Gasteiger partial charge on any atom is 0.170 e. The highest BCUT2D eigenvalue weighted by Crippen LogP contribution is 2.22. The van der Waals surface area contributed by atoms with Crippen LogP contribution in [0.5, 0.6) is 0 Å². The molecule has 7 heteroatoms. The summed E-state index contributed by atoms with van der Waals surface area (Å²) in [4.78, 5) is 7.01. The van der Waals surface area contributed by atoms with Gasteiger partial charge in [-0.3, -0.25) is 0 Å². The lowest BCUT2D eigenvalue weighted by Crippen LogP contribution is -2.15. The molecule has 0 aliphatic rings. The summed E-state index contributed by atoms with van der Waals surface area (Å²) < 4.78 is 13.1. The van der Waals surface area contributed by atoms with Crippen LogP contribution in [-0.2, 0) is 5.75 Å². The molecular formula is C11H11FN4OS. The summed E-state index contributed by atoms with van der Waals surface area (Å²) >= 11 is 1.45. The van der Waals surface area contributed by atoms with Crippen LogP contribution in [0.1, 0.15) is 11.1 Å². The largest absolute Gasteiger partial charge is 0.409 e. The van der Waals surface area contributed by atoms with Crippen molar-refractivity contribution in [2.75, 3.05) is 0 Å². The minimum absolute atomic E-state index is 0.107.